The van der Waals surface area contributed by atoms with E-state index in [9.17, 15) is 13.2 Å². The molecular weight excluding hydrogens is 376 g/mol. The van der Waals surface area contributed by atoms with Gasteiger partial charge in [-0.3, -0.25) is 4.79 Å². The van der Waals surface area contributed by atoms with Gasteiger partial charge in [0.15, 0.2) is 9.84 Å². The molecule has 3 atom stereocenters. The predicted molar refractivity (Wildman–Crippen MR) is 106 cm³/mol. The highest BCUT2D eigenvalue weighted by molar-refractivity contribution is 7.91. The van der Waals surface area contributed by atoms with Gasteiger partial charge in [0.25, 0.3) is 0 Å². The molecule has 4 aliphatic rings. The van der Waals surface area contributed by atoms with E-state index in [4.69, 9.17) is 4.98 Å². The molecule has 4 heterocycles. The number of piperidine rings is 1. The first-order valence-electron chi connectivity index (χ1n) is 10.5. The van der Waals surface area contributed by atoms with Crippen molar-refractivity contribution in [2.24, 2.45) is 11.8 Å². The lowest BCUT2D eigenvalue weighted by Gasteiger charge is -2.32. The van der Waals surface area contributed by atoms with Crippen LogP contribution in [0.1, 0.15) is 56.2 Å². The first-order valence-corrected chi connectivity index (χ1v) is 12.2. The van der Waals surface area contributed by atoms with Gasteiger partial charge in [-0.2, -0.15) is 0 Å². The molecule has 1 aliphatic carbocycles. The summed E-state index contributed by atoms with van der Waals surface area (Å²) in [7, 11) is -3.29. The third-order valence-electron chi connectivity index (χ3n) is 6.77. The van der Waals surface area contributed by atoms with Crippen LogP contribution >= 0.6 is 0 Å². The second kappa shape index (κ2) is 6.68. The fraction of sp³-hybridized carbons (Fsp3) is 0.750. The van der Waals surface area contributed by atoms with Crippen molar-refractivity contribution >= 4 is 21.7 Å². The molecule has 3 aliphatic heterocycles. The van der Waals surface area contributed by atoms with Crippen LogP contribution in [0.4, 0.5) is 5.95 Å². The van der Waals surface area contributed by atoms with Crippen molar-refractivity contribution < 1.29 is 13.2 Å². The van der Waals surface area contributed by atoms with E-state index in [1.807, 2.05) is 0 Å². The summed E-state index contributed by atoms with van der Waals surface area (Å²) in [5.74, 6) is 1.71. The van der Waals surface area contributed by atoms with Crippen molar-refractivity contribution in [2.75, 3.05) is 31.1 Å². The average molecular weight is 405 g/mol. The zero-order chi connectivity index (χ0) is 19.5. The molecule has 1 aromatic heterocycles. The van der Waals surface area contributed by atoms with Crippen LogP contribution in [0.15, 0.2) is 6.20 Å². The minimum Gasteiger partial charge on any atom is -0.341 e. The van der Waals surface area contributed by atoms with Crippen LogP contribution in [0.25, 0.3) is 0 Å². The molecule has 0 N–H and O–H groups in total. The molecule has 0 bridgehead atoms. The van der Waals surface area contributed by atoms with E-state index in [1.165, 1.54) is 6.42 Å². The second-order valence-corrected chi connectivity index (χ2v) is 11.4. The van der Waals surface area contributed by atoms with Gasteiger partial charge >= 0.3 is 0 Å². The number of hydrogen-bond donors (Lipinski definition) is 0. The van der Waals surface area contributed by atoms with Gasteiger partial charge in [-0.1, -0.05) is 6.92 Å². The molecule has 0 radical (unpaired) electrons. The molecule has 1 saturated carbocycles. The van der Waals surface area contributed by atoms with Crippen molar-refractivity contribution in [3.8, 4) is 0 Å². The monoisotopic (exact) mass is 404 g/mol. The lowest BCUT2D eigenvalue weighted by molar-refractivity contribution is -0.130. The zero-order valence-electron chi connectivity index (χ0n) is 16.4. The fourth-order valence-corrected chi connectivity index (χ4v) is 6.98. The molecule has 0 spiro atoms. The second-order valence-electron chi connectivity index (χ2n) is 9.17. The van der Waals surface area contributed by atoms with Crippen LogP contribution in [-0.2, 0) is 20.4 Å². The fourth-order valence-electron chi connectivity index (χ4n) is 4.99. The third kappa shape index (κ3) is 3.29. The van der Waals surface area contributed by atoms with E-state index in [2.05, 4.69) is 16.8 Å². The van der Waals surface area contributed by atoms with Crippen LogP contribution in [-0.4, -0.2) is 60.6 Å². The maximum absolute atomic E-state index is 12.9. The summed E-state index contributed by atoms with van der Waals surface area (Å²) in [4.78, 5) is 26.0. The van der Waals surface area contributed by atoms with Gasteiger partial charge in [-0.15, -0.1) is 0 Å². The van der Waals surface area contributed by atoms with E-state index in [1.54, 1.807) is 11.1 Å². The van der Waals surface area contributed by atoms with Crippen LogP contribution in [0.2, 0.25) is 0 Å². The normalized spacial score (nSPS) is 31.4. The summed E-state index contributed by atoms with van der Waals surface area (Å²) in [5, 5.41) is -0.522. The Bertz CT molecular complexity index is 899. The highest BCUT2D eigenvalue weighted by atomic mass is 32.2. The molecule has 2 saturated heterocycles. The van der Waals surface area contributed by atoms with Gasteiger partial charge in [0.1, 0.15) is 0 Å². The zero-order valence-corrected chi connectivity index (χ0v) is 17.2. The van der Waals surface area contributed by atoms with Crippen molar-refractivity contribution in [3.63, 3.8) is 0 Å². The summed E-state index contributed by atoms with van der Waals surface area (Å²) >= 11 is 0. The Morgan fingerprint density at radius 2 is 2.04 bits per heavy atom. The smallest absolute Gasteiger partial charge is 0.225 e. The van der Waals surface area contributed by atoms with Crippen LogP contribution in [0.3, 0.4) is 0 Å². The van der Waals surface area contributed by atoms with E-state index >= 15 is 0 Å². The standard InChI is InChI=1S/C20H28N4O3S/c1-13-3-2-6-23(9-13)20-21-8-15-12-28(26,27)17-11-24(10-16(17)19(15)22-20)18(25)7-14-4-5-14/h8,13-14,16-17H,2-7,9-12H2,1H3/t13-,16-,17+/m0/s1. The number of anilines is 1. The largest absolute Gasteiger partial charge is 0.341 e. The molecule has 28 heavy (non-hydrogen) atoms. The third-order valence-corrected chi connectivity index (χ3v) is 8.89. The predicted octanol–water partition coefficient (Wildman–Crippen LogP) is 1.74. The number of nitrogens with zero attached hydrogens (tertiary/aromatic N) is 4. The van der Waals surface area contributed by atoms with Gasteiger partial charge in [-0.05, 0) is 37.5 Å². The molecular formula is C20H28N4O3S. The van der Waals surface area contributed by atoms with Crippen molar-refractivity contribution in [2.45, 2.75) is 55.9 Å². The van der Waals surface area contributed by atoms with Crippen molar-refractivity contribution in [1.29, 1.82) is 0 Å². The summed E-state index contributed by atoms with van der Waals surface area (Å²) in [5.41, 5.74) is 1.57. The number of likely N-dealkylation sites (tertiary alicyclic amines) is 1. The minimum absolute atomic E-state index is 0.00909. The Labute approximate surface area is 166 Å². The molecule has 0 aromatic carbocycles. The molecule has 7 nitrogen and oxygen atoms in total. The Kier molecular flexibility index (Phi) is 4.37. The number of fused-ring (bicyclic) bond motifs is 3. The maximum atomic E-state index is 12.9. The van der Waals surface area contributed by atoms with Crippen LogP contribution in [0.5, 0.6) is 0 Å². The Balaban J connectivity index is 1.44. The van der Waals surface area contributed by atoms with Crippen molar-refractivity contribution in [1.82, 2.24) is 14.9 Å². The lowest BCUT2D eigenvalue weighted by Crippen LogP contribution is -2.38. The van der Waals surface area contributed by atoms with Crippen LogP contribution in [0, 0.1) is 11.8 Å². The SMILES string of the molecule is C[C@H]1CCCN(c2ncc3c(n2)[C@H]2CN(C(=O)CC4CC4)C[C@H]2S(=O)(=O)C3)C1. The summed E-state index contributed by atoms with van der Waals surface area (Å²) < 4.78 is 25.7. The Hall–Kier alpha value is -1.70. The summed E-state index contributed by atoms with van der Waals surface area (Å²) in [6.07, 6.45) is 6.87. The number of carbonyl (C=O) groups is 1. The van der Waals surface area contributed by atoms with E-state index in [0.29, 0.717) is 42.9 Å². The molecule has 152 valence electrons. The lowest BCUT2D eigenvalue weighted by atomic mass is 9.99. The molecule has 5 rings (SSSR count). The number of amides is 1. The highest BCUT2D eigenvalue weighted by Gasteiger charge is 2.49. The Morgan fingerprint density at radius 3 is 2.79 bits per heavy atom. The minimum atomic E-state index is -3.29. The first kappa shape index (κ1) is 18.3. The number of aromatic nitrogens is 2. The summed E-state index contributed by atoms with van der Waals surface area (Å²) in [6.45, 7) is 4.92. The molecule has 0 unspecified atom stereocenters. The molecule has 1 aromatic rings. The number of sulfone groups is 1. The van der Waals surface area contributed by atoms with E-state index < -0.39 is 15.1 Å². The van der Waals surface area contributed by atoms with Gasteiger partial charge in [0.2, 0.25) is 11.9 Å². The topological polar surface area (TPSA) is 83.5 Å². The molecule has 8 heteroatoms. The first-order chi connectivity index (χ1) is 13.4. The van der Waals surface area contributed by atoms with Gasteiger partial charge in [0.05, 0.1) is 16.7 Å². The number of hydrogen-bond acceptors (Lipinski definition) is 6. The van der Waals surface area contributed by atoms with E-state index in [0.717, 1.165) is 38.0 Å². The quantitative estimate of drug-likeness (QED) is 0.763. The highest BCUT2D eigenvalue weighted by Crippen LogP contribution is 2.41. The van der Waals surface area contributed by atoms with Gasteiger partial charge in [-0.25, -0.2) is 18.4 Å². The average Bonchev–Trinajstić information content (AvgIpc) is 3.34. The van der Waals surface area contributed by atoms with E-state index in [-0.39, 0.29) is 17.6 Å². The van der Waals surface area contributed by atoms with Gasteiger partial charge in [0, 0.05) is 50.3 Å². The van der Waals surface area contributed by atoms with Crippen LogP contribution < -0.4 is 4.90 Å². The molecule has 3 fully saturated rings. The number of carbonyl (C=O) groups excluding carboxylic acids is 1. The molecule has 1 amide bonds. The Morgan fingerprint density at radius 1 is 1.21 bits per heavy atom. The maximum Gasteiger partial charge on any atom is 0.225 e. The summed E-state index contributed by atoms with van der Waals surface area (Å²) in [6, 6.07) is 0. The van der Waals surface area contributed by atoms with Crippen molar-refractivity contribution in [3.05, 3.63) is 17.5 Å². The van der Waals surface area contributed by atoms with Gasteiger partial charge < -0.3 is 9.80 Å². The number of rotatable bonds is 3.